The van der Waals surface area contributed by atoms with E-state index < -0.39 is 86.8 Å². The SMILES string of the molecule is C#CCCC(NC(=O)C1C[C@@H](OC(=O)N2CCc3ccccc3C2)CN1C(=O)C(NC(=O)N[C@H](CN(C)S(C)(=O)=O)C(C)(C)C)C(C)(C)C)C(=O)C(=O)NCC=C. The van der Waals surface area contributed by atoms with Crippen molar-refractivity contribution in [2.24, 2.45) is 10.8 Å². The monoisotopic (exact) mass is 813 g/mol. The summed E-state index contributed by atoms with van der Waals surface area (Å²) in [5.74, 6) is -0.939. The number of hydrogen-bond acceptors (Lipinski definition) is 9. The van der Waals surface area contributed by atoms with E-state index in [0.717, 1.165) is 21.7 Å². The molecule has 16 nitrogen and oxygen atoms in total. The van der Waals surface area contributed by atoms with Crippen LogP contribution in [0.4, 0.5) is 9.59 Å². The molecular formula is C40H59N7O9S. The summed E-state index contributed by atoms with van der Waals surface area (Å²) in [6, 6.07) is 2.49. The molecule has 6 amide bonds. The molecule has 0 spiro atoms. The van der Waals surface area contributed by atoms with Gasteiger partial charge < -0.3 is 35.8 Å². The zero-order valence-corrected chi connectivity index (χ0v) is 35.2. The van der Waals surface area contributed by atoms with Crippen LogP contribution in [-0.2, 0) is 46.9 Å². The number of likely N-dealkylation sites (tertiary alicyclic amines) is 1. The normalized spacial score (nSPS) is 18.6. The predicted octanol–water partition coefficient (Wildman–Crippen LogP) is 1.94. The number of terminal acetylenes is 1. The van der Waals surface area contributed by atoms with Crippen molar-refractivity contribution < 1.29 is 41.9 Å². The molecular weight excluding hydrogens is 755 g/mol. The first-order chi connectivity index (χ1) is 26.5. The first kappa shape index (κ1) is 46.4. The molecule has 1 saturated heterocycles. The fourth-order valence-corrected chi connectivity index (χ4v) is 6.91. The van der Waals surface area contributed by atoms with Crippen LogP contribution in [0.25, 0.3) is 0 Å². The molecule has 4 N–H and O–H groups in total. The summed E-state index contributed by atoms with van der Waals surface area (Å²) >= 11 is 0. The molecule has 17 heteroatoms. The van der Waals surface area contributed by atoms with Gasteiger partial charge in [0, 0.05) is 52.1 Å². The molecule has 2 heterocycles. The fraction of sp³-hybridized carbons (Fsp3) is 0.600. The zero-order valence-electron chi connectivity index (χ0n) is 34.3. The number of carbonyl (C=O) groups excluding carboxylic acids is 6. The molecule has 2 aliphatic rings. The number of sulfonamides is 1. The number of ether oxygens (including phenoxy) is 1. The van der Waals surface area contributed by atoms with Gasteiger partial charge in [0.2, 0.25) is 27.6 Å². The molecule has 2 aliphatic heterocycles. The van der Waals surface area contributed by atoms with Crippen molar-refractivity contribution in [3.8, 4) is 12.3 Å². The number of likely N-dealkylation sites (N-methyl/N-ethyl adjacent to an activating group) is 1. The van der Waals surface area contributed by atoms with Crippen LogP contribution in [-0.4, -0.2) is 128 Å². The van der Waals surface area contributed by atoms with Gasteiger partial charge >= 0.3 is 12.1 Å². The predicted molar refractivity (Wildman–Crippen MR) is 215 cm³/mol. The molecule has 0 aromatic heterocycles. The quantitative estimate of drug-likeness (QED) is 0.116. The van der Waals surface area contributed by atoms with E-state index in [1.54, 1.807) is 25.7 Å². The van der Waals surface area contributed by atoms with Crippen LogP contribution >= 0.6 is 0 Å². The smallest absolute Gasteiger partial charge is 0.410 e. The number of nitrogens with zero attached hydrogens (tertiary/aromatic N) is 3. The van der Waals surface area contributed by atoms with Crippen LogP contribution in [0.15, 0.2) is 36.9 Å². The summed E-state index contributed by atoms with van der Waals surface area (Å²) in [6.07, 6.45) is 6.81. The maximum absolute atomic E-state index is 14.6. The van der Waals surface area contributed by atoms with E-state index in [4.69, 9.17) is 11.2 Å². The molecule has 0 radical (unpaired) electrons. The maximum Gasteiger partial charge on any atom is 0.410 e. The molecule has 1 aromatic rings. The number of ketones is 1. The van der Waals surface area contributed by atoms with Gasteiger partial charge in [0.1, 0.15) is 18.2 Å². The first-order valence-corrected chi connectivity index (χ1v) is 20.8. The van der Waals surface area contributed by atoms with E-state index >= 15 is 0 Å². The van der Waals surface area contributed by atoms with Gasteiger partial charge in [-0.2, -0.15) is 0 Å². The third-order valence-electron chi connectivity index (χ3n) is 10.1. The Morgan fingerprint density at radius 2 is 1.68 bits per heavy atom. The molecule has 0 aliphatic carbocycles. The second-order valence-electron chi connectivity index (χ2n) is 16.7. The van der Waals surface area contributed by atoms with Crippen molar-refractivity contribution in [3.05, 3.63) is 48.0 Å². The minimum Gasteiger partial charge on any atom is -0.444 e. The lowest BCUT2D eigenvalue weighted by molar-refractivity contribution is -0.143. The van der Waals surface area contributed by atoms with Gasteiger partial charge in [-0.3, -0.25) is 19.2 Å². The molecule has 3 rings (SSSR count). The molecule has 0 bridgehead atoms. The highest BCUT2D eigenvalue weighted by atomic mass is 32.2. The Morgan fingerprint density at radius 3 is 2.26 bits per heavy atom. The number of rotatable bonds is 15. The van der Waals surface area contributed by atoms with Gasteiger partial charge in [-0.15, -0.1) is 18.9 Å². The van der Waals surface area contributed by atoms with Crippen LogP contribution in [0.2, 0.25) is 0 Å². The summed E-state index contributed by atoms with van der Waals surface area (Å²) in [6.45, 7) is 14.7. The molecule has 3 unspecified atom stereocenters. The summed E-state index contributed by atoms with van der Waals surface area (Å²) in [5, 5.41) is 10.6. The summed E-state index contributed by atoms with van der Waals surface area (Å²) in [7, 11) is -2.17. The van der Waals surface area contributed by atoms with Gasteiger partial charge in [0.15, 0.2) is 0 Å². The lowest BCUT2D eigenvalue weighted by Crippen LogP contribution is -2.62. The lowest BCUT2D eigenvalue weighted by atomic mass is 9.85. The Hall–Kier alpha value is -4.95. The van der Waals surface area contributed by atoms with E-state index in [2.05, 4.69) is 33.8 Å². The number of nitrogens with one attached hydrogen (secondary N) is 4. The highest BCUT2D eigenvalue weighted by molar-refractivity contribution is 7.88. The Balaban J connectivity index is 1.92. The molecule has 1 aromatic carbocycles. The van der Waals surface area contributed by atoms with E-state index in [1.807, 2.05) is 45.0 Å². The molecule has 1 fully saturated rings. The van der Waals surface area contributed by atoms with Gasteiger partial charge in [-0.05, 0) is 34.8 Å². The number of amides is 6. The number of urea groups is 1. The Morgan fingerprint density at radius 1 is 1.04 bits per heavy atom. The Labute approximate surface area is 336 Å². The van der Waals surface area contributed by atoms with Gasteiger partial charge in [0.05, 0.1) is 18.8 Å². The minimum atomic E-state index is -3.58. The summed E-state index contributed by atoms with van der Waals surface area (Å²) < 4.78 is 31.5. The third-order valence-corrected chi connectivity index (χ3v) is 11.4. The Kier molecular flexibility index (Phi) is 15.9. The van der Waals surface area contributed by atoms with Crippen molar-refractivity contribution in [1.82, 2.24) is 35.4 Å². The average Bonchev–Trinajstić information content (AvgIpc) is 3.55. The molecule has 0 saturated carbocycles. The Bertz CT molecular complexity index is 1830. The number of hydrogen-bond donors (Lipinski definition) is 4. The lowest BCUT2D eigenvalue weighted by Gasteiger charge is -2.37. The van der Waals surface area contributed by atoms with Gasteiger partial charge in [-0.1, -0.05) is 71.9 Å². The van der Waals surface area contributed by atoms with Crippen LogP contribution in [0, 0.1) is 23.2 Å². The van der Waals surface area contributed by atoms with Gasteiger partial charge in [0.25, 0.3) is 5.91 Å². The van der Waals surface area contributed by atoms with Crippen molar-refractivity contribution in [2.75, 3.05) is 39.5 Å². The summed E-state index contributed by atoms with van der Waals surface area (Å²) in [5.41, 5.74) is 0.582. The van der Waals surface area contributed by atoms with Gasteiger partial charge in [-0.25, -0.2) is 22.3 Å². The number of Topliss-reactive ketones (excluding diaryl/α,β-unsaturated/α-hetero) is 1. The van der Waals surface area contributed by atoms with Crippen LogP contribution in [0.1, 0.15) is 71.9 Å². The summed E-state index contributed by atoms with van der Waals surface area (Å²) in [4.78, 5) is 84.4. The standard InChI is InChI=1S/C40H59N7O9S/c1-11-13-18-29(32(48)35(50)41-20-12-2)42-34(49)30-22-28(56-38(53)46-21-19-26-16-14-15-17-27(26)23-46)24-47(30)36(51)33(40(6,7)8)44-37(52)43-31(39(3,4)5)25-45(9)57(10,54)55/h1,12,14-17,28-31,33H,2,13,18-25H2,3-10H3,(H,41,50)(H,42,49)(H2,43,44,52)/t28-,29?,30?,31-,33?/m1/s1. The number of carbonyl (C=O) groups is 6. The molecule has 57 heavy (non-hydrogen) atoms. The van der Waals surface area contributed by atoms with E-state index in [9.17, 15) is 37.2 Å². The largest absolute Gasteiger partial charge is 0.444 e. The van der Waals surface area contributed by atoms with Crippen LogP contribution in [0.5, 0.6) is 0 Å². The number of fused-ring (bicyclic) bond motifs is 1. The minimum absolute atomic E-state index is 0.0145. The second kappa shape index (κ2) is 19.5. The average molecular weight is 814 g/mol. The van der Waals surface area contributed by atoms with Crippen molar-refractivity contribution >= 4 is 45.7 Å². The van der Waals surface area contributed by atoms with E-state index in [-0.39, 0.29) is 38.9 Å². The van der Waals surface area contributed by atoms with Crippen LogP contribution < -0.4 is 21.3 Å². The third kappa shape index (κ3) is 13.0. The highest BCUT2D eigenvalue weighted by Gasteiger charge is 2.47. The van der Waals surface area contributed by atoms with Crippen molar-refractivity contribution in [2.45, 2.75) is 104 Å². The van der Waals surface area contributed by atoms with Crippen molar-refractivity contribution in [1.29, 1.82) is 0 Å². The van der Waals surface area contributed by atoms with E-state index in [1.165, 1.54) is 18.0 Å². The fourth-order valence-electron chi connectivity index (χ4n) is 6.49. The van der Waals surface area contributed by atoms with Crippen molar-refractivity contribution in [3.63, 3.8) is 0 Å². The molecule has 314 valence electrons. The molecule has 5 atom stereocenters. The first-order valence-electron chi connectivity index (χ1n) is 19.0. The van der Waals surface area contributed by atoms with Crippen LogP contribution in [0.3, 0.4) is 0 Å². The number of benzene rings is 1. The van der Waals surface area contributed by atoms with E-state index in [0.29, 0.717) is 19.5 Å². The zero-order chi connectivity index (χ0) is 42.9. The second-order valence-corrected chi connectivity index (χ2v) is 18.8. The maximum atomic E-state index is 14.6. The topological polar surface area (TPSA) is 204 Å². The highest BCUT2D eigenvalue weighted by Crippen LogP contribution is 2.29.